The van der Waals surface area contributed by atoms with Crippen LogP contribution in [0.4, 0.5) is 0 Å². The molecule has 1 aliphatic carbocycles. The number of ether oxygens (including phenoxy) is 1. The Kier molecular flexibility index (Phi) is 4.65. The van der Waals surface area contributed by atoms with Crippen molar-refractivity contribution in [3.63, 3.8) is 0 Å². The highest BCUT2D eigenvalue weighted by atomic mass is 32.1. The quantitative estimate of drug-likeness (QED) is 0.770. The number of hydrogen-bond donors (Lipinski definition) is 0. The molecule has 1 aliphatic heterocycles. The second-order valence-electron chi connectivity index (χ2n) is 6.81. The number of rotatable bonds is 7. The molecule has 0 amide bonds. The Bertz CT molecular complexity index is 693. The third-order valence-corrected chi connectivity index (χ3v) is 5.74. The van der Waals surface area contributed by atoms with Crippen LogP contribution in [0.15, 0.2) is 5.38 Å². The third kappa shape index (κ3) is 3.38. The summed E-state index contributed by atoms with van der Waals surface area (Å²) in [6.45, 7) is 8.52. The molecule has 1 atom stereocenters. The van der Waals surface area contributed by atoms with Crippen LogP contribution in [0, 0.1) is 12.8 Å². The van der Waals surface area contributed by atoms with Gasteiger partial charge >= 0.3 is 0 Å². The van der Waals surface area contributed by atoms with Crippen LogP contribution in [-0.2, 0) is 24.2 Å². The van der Waals surface area contributed by atoms with Crippen molar-refractivity contribution in [1.82, 2.24) is 24.9 Å². The maximum absolute atomic E-state index is 6.03. The van der Waals surface area contributed by atoms with E-state index in [-0.39, 0.29) is 6.04 Å². The number of nitrogens with zero attached hydrogens (tertiary/aromatic N) is 5. The summed E-state index contributed by atoms with van der Waals surface area (Å²) in [7, 11) is 0. The zero-order valence-electron chi connectivity index (χ0n) is 14.4. The molecule has 0 spiro atoms. The smallest absolute Gasteiger partial charge is 0.105 e. The molecule has 0 saturated heterocycles. The number of hydrogen-bond acceptors (Lipinski definition) is 6. The van der Waals surface area contributed by atoms with Gasteiger partial charge in [0.05, 0.1) is 29.0 Å². The Hall–Kier alpha value is -1.31. The number of aryl methyl sites for hydroxylation is 2. The van der Waals surface area contributed by atoms with Crippen LogP contribution in [0.2, 0.25) is 0 Å². The van der Waals surface area contributed by atoms with Crippen LogP contribution in [0.5, 0.6) is 0 Å². The van der Waals surface area contributed by atoms with Gasteiger partial charge in [-0.25, -0.2) is 9.67 Å². The lowest BCUT2D eigenvalue weighted by atomic mass is 10.0. The summed E-state index contributed by atoms with van der Waals surface area (Å²) in [4.78, 5) is 7.09. The van der Waals surface area contributed by atoms with Gasteiger partial charge in [-0.15, -0.1) is 16.4 Å². The average molecular weight is 347 g/mol. The van der Waals surface area contributed by atoms with Crippen LogP contribution >= 0.6 is 11.3 Å². The lowest BCUT2D eigenvalue weighted by Gasteiger charge is -2.34. The van der Waals surface area contributed by atoms with E-state index < -0.39 is 0 Å². The normalized spacial score (nSPS) is 21.2. The Morgan fingerprint density at radius 1 is 1.33 bits per heavy atom. The molecular weight excluding hydrogens is 322 g/mol. The monoisotopic (exact) mass is 347 g/mol. The lowest BCUT2D eigenvalue weighted by Crippen LogP contribution is -2.38. The molecule has 0 bridgehead atoms. The van der Waals surface area contributed by atoms with Crippen molar-refractivity contribution in [2.75, 3.05) is 19.8 Å². The van der Waals surface area contributed by atoms with Gasteiger partial charge in [0.1, 0.15) is 5.69 Å². The predicted molar refractivity (Wildman–Crippen MR) is 92.9 cm³/mol. The van der Waals surface area contributed by atoms with Crippen LogP contribution < -0.4 is 0 Å². The first kappa shape index (κ1) is 16.2. The lowest BCUT2D eigenvalue weighted by molar-refractivity contribution is 0.0420. The zero-order valence-corrected chi connectivity index (χ0v) is 15.3. The van der Waals surface area contributed by atoms with Crippen molar-refractivity contribution in [3.05, 3.63) is 27.5 Å². The second kappa shape index (κ2) is 6.90. The first-order valence-corrected chi connectivity index (χ1v) is 9.77. The maximum atomic E-state index is 6.03. The molecule has 0 radical (unpaired) electrons. The van der Waals surface area contributed by atoms with E-state index in [1.165, 1.54) is 18.5 Å². The summed E-state index contributed by atoms with van der Waals surface area (Å²) < 4.78 is 8.07. The molecule has 1 fully saturated rings. The van der Waals surface area contributed by atoms with Gasteiger partial charge in [0.2, 0.25) is 0 Å². The van der Waals surface area contributed by atoms with E-state index in [1.54, 1.807) is 11.3 Å². The van der Waals surface area contributed by atoms with Crippen molar-refractivity contribution in [1.29, 1.82) is 0 Å². The first-order chi connectivity index (χ1) is 11.7. The standard InChI is InChI=1S/C17H25N5OS/c1-3-22-15-6-7-21(8-14-11-24-12(2)18-14)16(17(15)19-20-22)10-23-9-13-4-5-13/h11,13,16H,3-10H2,1-2H3. The number of aromatic nitrogens is 4. The summed E-state index contributed by atoms with van der Waals surface area (Å²) in [5.41, 5.74) is 3.53. The molecule has 2 aromatic heterocycles. The van der Waals surface area contributed by atoms with Gasteiger partial charge in [-0.05, 0) is 32.6 Å². The highest BCUT2D eigenvalue weighted by molar-refractivity contribution is 7.09. The Labute approximate surface area is 146 Å². The predicted octanol–water partition coefficient (Wildman–Crippen LogP) is 2.59. The summed E-state index contributed by atoms with van der Waals surface area (Å²) in [5, 5.41) is 12.1. The van der Waals surface area contributed by atoms with E-state index in [1.807, 2.05) is 4.68 Å². The van der Waals surface area contributed by atoms with Gasteiger partial charge in [-0.2, -0.15) is 0 Å². The Balaban J connectivity index is 1.52. The minimum atomic E-state index is 0.190. The highest BCUT2D eigenvalue weighted by Crippen LogP contribution is 2.32. The maximum Gasteiger partial charge on any atom is 0.105 e. The molecule has 2 aliphatic rings. The number of fused-ring (bicyclic) bond motifs is 1. The van der Waals surface area contributed by atoms with Gasteiger partial charge in [0.15, 0.2) is 0 Å². The summed E-state index contributed by atoms with van der Waals surface area (Å²) >= 11 is 1.72. The second-order valence-corrected chi connectivity index (χ2v) is 7.87. The first-order valence-electron chi connectivity index (χ1n) is 8.89. The fourth-order valence-electron chi connectivity index (χ4n) is 3.39. The largest absolute Gasteiger partial charge is 0.379 e. The van der Waals surface area contributed by atoms with E-state index in [0.717, 1.165) is 55.0 Å². The summed E-state index contributed by atoms with van der Waals surface area (Å²) in [6.07, 6.45) is 3.64. The van der Waals surface area contributed by atoms with Gasteiger partial charge in [-0.1, -0.05) is 5.21 Å². The molecule has 1 saturated carbocycles. The van der Waals surface area contributed by atoms with E-state index in [4.69, 9.17) is 4.74 Å². The van der Waals surface area contributed by atoms with Crippen LogP contribution in [0.25, 0.3) is 0 Å². The van der Waals surface area contributed by atoms with Crippen molar-refractivity contribution in [2.45, 2.75) is 52.2 Å². The molecular formula is C17H25N5OS. The van der Waals surface area contributed by atoms with Crippen LogP contribution in [0.3, 0.4) is 0 Å². The topological polar surface area (TPSA) is 56.1 Å². The molecule has 130 valence electrons. The molecule has 6 nitrogen and oxygen atoms in total. The molecule has 24 heavy (non-hydrogen) atoms. The van der Waals surface area contributed by atoms with Crippen LogP contribution in [-0.4, -0.2) is 44.6 Å². The fraction of sp³-hybridized carbons (Fsp3) is 0.706. The van der Waals surface area contributed by atoms with E-state index in [9.17, 15) is 0 Å². The minimum absolute atomic E-state index is 0.190. The van der Waals surface area contributed by atoms with Crippen LogP contribution in [0.1, 0.15) is 47.9 Å². The van der Waals surface area contributed by atoms with E-state index >= 15 is 0 Å². The Morgan fingerprint density at radius 3 is 2.92 bits per heavy atom. The molecule has 7 heteroatoms. The van der Waals surface area contributed by atoms with Gasteiger partial charge in [-0.3, -0.25) is 4.90 Å². The van der Waals surface area contributed by atoms with Crippen molar-refractivity contribution in [2.24, 2.45) is 5.92 Å². The van der Waals surface area contributed by atoms with Crippen molar-refractivity contribution >= 4 is 11.3 Å². The minimum Gasteiger partial charge on any atom is -0.379 e. The van der Waals surface area contributed by atoms with E-state index in [2.05, 4.69) is 39.4 Å². The van der Waals surface area contributed by atoms with Gasteiger partial charge < -0.3 is 4.74 Å². The molecule has 1 unspecified atom stereocenters. The summed E-state index contributed by atoms with van der Waals surface area (Å²) in [5.74, 6) is 0.786. The fourth-order valence-corrected chi connectivity index (χ4v) is 3.99. The highest BCUT2D eigenvalue weighted by Gasteiger charge is 2.33. The van der Waals surface area contributed by atoms with Gasteiger partial charge in [0.25, 0.3) is 0 Å². The Morgan fingerprint density at radius 2 is 2.21 bits per heavy atom. The summed E-state index contributed by atoms with van der Waals surface area (Å²) in [6, 6.07) is 0.190. The average Bonchev–Trinajstić information content (AvgIpc) is 3.16. The third-order valence-electron chi connectivity index (χ3n) is 4.92. The SMILES string of the molecule is CCn1nnc2c1CCN(Cc1csc(C)n1)C2COCC1CC1. The molecule has 0 N–H and O–H groups in total. The molecule has 0 aromatic carbocycles. The molecule has 2 aromatic rings. The van der Waals surface area contributed by atoms with Gasteiger partial charge in [0, 0.05) is 38.0 Å². The molecule has 4 rings (SSSR count). The molecule has 3 heterocycles. The zero-order chi connectivity index (χ0) is 16.5. The van der Waals surface area contributed by atoms with Crippen molar-refractivity contribution in [3.8, 4) is 0 Å². The number of thiazole rings is 1. The van der Waals surface area contributed by atoms with Crippen molar-refractivity contribution < 1.29 is 4.74 Å². The van der Waals surface area contributed by atoms with E-state index in [0.29, 0.717) is 6.61 Å².